The van der Waals surface area contributed by atoms with E-state index in [4.69, 9.17) is 0 Å². The fourth-order valence-electron chi connectivity index (χ4n) is 2.77. The molecule has 2 rings (SSSR count). The van der Waals surface area contributed by atoms with Crippen LogP contribution in [0.2, 0.25) is 0 Å². The van der Waals surface area contributed by atoms with Gasteiger partial charge in [-0.25, -0.2) is 0 Å². The molecule has 86 valence electrons. The molecule has 2 aliphatic heterocycles. The zero-order valence-corrected chi connectivity index (χ0v) is 10.5. The summed E-state index contributed by atoms with van der Waals surface area (Å²) in [4.78, 5) is 2.54. The van der Waals surface area contributed by atoms with E-state index in [1.165, 1.54) is 25.3 Å². The highest BCUT2D eigenvalue weighted by molar-refractivity contribution is 5.14. The molecule has 2 heterocycles. The zero-order chi connectivity index (χ0) is 11.1. The van der Waals surface area contributed by atoms with Crippen LogP contribution in [0.1, 0.15) is 40.5 Å². The first-order chi connectivity index (χ1) is 7.02. The van der Waals surface area contributed by atoms with Crippen molar-refractivity contribution in [2.45, 2.75) is 46.1 Å². The topological polar surface area (TPSA) is 15.3 Å². The second kappa shape index (κ2) is 3.73. The molecule has 2 heteroatoms. The van der Waals surface area contributed by atoms with Gasteiger partial charge in [0.2, 0.25) is 0 Å². The van der Waals surface area contributed by atoms with Crippen LogP contribution >= 0.6 is 0 Å². The van der Waals surface area contributed by atoms with Crippen LogP contribution in [0, 0.1) is 11.8 Å². The molecule has 0 aliphatic carbocycles. The minimum atomic E-state index is 0.267. The Morgan fingerprint density at radius 2 is 2.20 bits per heavy atom. The van der Waals surface area contributed by atoms with E-state index < -0.39 is 0 Å². The summed E-state index contributed by atoms with van der Waals surface area (Å²) in [7, 11) is 0. The molecule has 2 atom stereocenters. The van der Waals surface area contributed by atoms with E-state index >= 15 is 0 Å². The first kappa shape index (κ1) is 10.8. The van der Waals surface area contributed by atoms with Crippen molar-refractivity contribution in [2.75, 3.05) is 13.1 Å². The van der Waals surface area contributed by atoms with Crippen LogP contribution in [0.15, 0.2) is 11.9 Å². The third-order valence-electron chi connectivity index (χ3n) is 3.91. The second-order valence-electron chi connectivity index (χ2n) is 5.85. The highest BCUT2D eigenvalue weighted by Crippen LogP contribution is 2.30. The summed E-state index contributed by atoms with van der Waals surface area (Å²) in [5.41, 5.74) is 0.267. The van der Waals surface area contributed by atoms with Gasteiger partial charge in [-0.15, -0.1) is 0 Å². The number of likely N-dealkylation sites (tertiary alicyclic amines) is 1. The molecule has 1 N–H and O–H groups in total. The quantitative estimate of drug-likeness (QED) is 0.750. The van der Waals surface area contributed by atoms with E-state index in [-0.39, 0.29) is 5.54 Å². The largest absolute Gasteiger partial charge is 0.367 e. The van der Waals surface area contributed by atoms with Gasteiger partial charge in [0.15, 0.2) is 0 Å². The number of nitrogens with one attached hydrogen (secondary N) is 1. The van der Waals surface area contributed by atoms with Crippen LogP contribution in [0.5, 0.6) is 0 Å². The summed E-state index contributed by atoms with van der Waals surface area (Å²) in [6.45, 7) is 11.7. The van der Waals surface area contributed by atoms with Crippen LogP contribution < -0.4 is 5.32 Å². The van der Waals surface area contributed by atoms with Crippen molar-refractivity contribution in [1.29, 1.82) is 0 Å². The Balaban J connectivity index is 1.97. The second-order valence-corrected chi connectivity index (χ2v) is 5.85. The van der Waals surface area contributed by atoms with Crippen molar-refractivity contribution < 1.29 is 0 Å². The molecule has 1 fully saturated rings. The van der Waals surface area contributed by atoms with Crippen LogP contribution in [0.3, 0.4) is 0 Å². The van der Waals surface area contributed by atoms with E-state index in [1.54, 1.807) is 0 Å². The fourth-order valence-corrected chi connectivity index (χ4v) is 2.77. The molecular formula is C13H24N2. The van der Waals surface area contributed by atoms with Crippen molar-refractivity contribution in [3.05, 3.63) is 11.9 Å². The van der Waals surface area contributed by atoms with Gasteiger partial charge in [0.05, 0.1) is 5.82 Å². The Kier molecular flexibility index (Phi) is 2.70. The van der Waals surface area contributed by atoms with Crippen LogP contribution in [0.4, 0.5) is 0 Å². The third kappa shape index (κ3) is 2.14. The van der Waals surface area contributed by atoms with E-state index in [9.17, 15) is 0 Å². The normalized spacial score (nSPS) is 34.1. The van der Waals surface area contributed by atoms with Gasteiger partial charge in [-0.3, -0.25) is 0 Å². The predicted molar refractivity (Wildman–Crippen MR) is 64.4 cm³/mol. The molecule has 0 bridgehead atoms. The van der Waals surface area contributed by atoms with Crippen molar-refractivity contribution in [3.63, 3.8) is 0 Å². The summed E-state index contributed by atoms with van der Waals surface area (Å²) in [5.74, 6) is 3.11. The predicted octanol–water partition coefficient (Wildman–Crippen LogP) is 2.58. The van der Waals surface area contributed by atoms with Crippen molar-refractivity contribution in [3.8, 4) is 0 Å². The first-order valence-corrected chi connectivity index (χ1v) is 6.25. The third-order valence-corrected chi connectivity index (χ3v) is 3.91. The average Bonchev–Trinajstić information content (AvgIpc) is 2.69. The van der Waals surface area contributed by atoms with Gasteiger partial charge in [-0.2, -0.15) is 0 Å². The average molecular weight is 208 g/mol. The number of rotatable bonds is 2. The number of nitrogens with zero attached hydrogens (tertiary/aromatic N) is 1. The van der Waals surface area contributed by atoms with E-state index in [0.29, 0.717) is 0 Å². The molecule has 2 aliphatic rings. The summed E-state index contributed by atoms with van der Waals surface area (Å²) in [6, 6.07) is 0. The highest BCUT2D eigenvalue weighted by Gasteiger charge is 2.33. The van der Waals surface area contributed by atoms with Gasteiger partial charge in [-0.1, -0.05) is 20.3 Å². The summed E-state index contributed by atoms with van der Waals surface area (Å²) < 4.78 is 0. The molecule has 0 radical (unpaired) electrons. The molecule has 15 heavy (non-hydrogen) atoms. The molecule has 0 aromatic rings. The molecule has 0 saturated carbocycles. The lowest BCUT2D eigenvalue weighted by atomic mass is 9.96. The smallest absolute Gasteiger partial charge is 0.0977 e. The van der Waals surface area contributed by atoms with Gasteiger partial charge >= 0.3 is 0 Å². The van der Waals surface area contributed by atoms with Crippen molar-refractivity contribution in [2.24, 2.45) is 11.8 Å². The molecule has 1 saturated heterocycles. The molecular weight excluding hydrogens is 184 g/mol. The van der Waals surface area contributed by atoms with Gasteiger partial charge in [0.25, 0.3) is 0 Å². The van der Waals surface area contributed by atoms with Crippen molar-refractivity contribution >= 4 is 0 Å². The van der Waals surface area contributed by atoms with E-state index in [0.717, 1.165) is 18.3 Å². The lowest BCUT2D eigenvalue weighted by Crippen LogP contribution is -2.38. The van der Waals surface area contributed by atoms with E-state index in [2.05, 4.69) is 44.0 Å². The van der Waals surface area contributed by atoms with Crippen LogP contribution in [-0.2, 0) is 0 Å². The van der Waals surface area contributed by atoms with Gasteiger partial charge < -0.3 is 10.2 Å². The standard InChI is InChI=1S/C13H24N2/c1-5-11-9-15(8-10(11)2)12-6-7-13(3,4)14-12/h6,10-11,14H,5,7-9H2,1-4H3. The molecule has 0 aromatic heterocycles. The maximum atomic E-state index is 3.62. The van der Waals surface area contributed by atoms with E-state index in [1.807, 2.05) is 0 Å². The summed E-state index contributed by atoms with van der Waals surface area (Å²) in [5, 5.41) is 3.62. The SMILES string of the molecule is CCC1CN(C2=CCC(C)(C)N2)CC1C. The lowest BCUT2D eigenvalue weighted by Gasteiger charge is -2.26. The Morgan fingerprint density at radius 3 is 2.67 bits per heavy atom. The Bertz CT molecular complexity index is 268. The molecule has 0 aromatic carbocycles. The lowest BCUT2D eigenvalue weighted by molar-refractivity contribution is 0.341. The number of hydrogen-bond acceptors (Lipinski definition) is 2. The monoisotopic (exact) mass is 208 g/mol. The van der Waals surface area contributed by atoms with Crippen molar-refractivity contribution in [1.82, 2.24) is 10.2 Å². The highest BCUT2D eigenvalue weighted by atomic mass is 15.3. The minimum Gasteiger partial charge on any atom is -0.367 e. The summed E-state index contributed by atoms with van der Waals surface area (Å²) in [6.07, 6.45) is 4.84. The Morgan fingerprint density at radius 1 is 1.47 bits per heavy atom. The zero-order valence-electron chi connectivity index (χ0n) is 10.5. The molecule has 2 unspecified atom stereocenters. The first-order valence-electron chi connectivity index (χ1n) is 6.25. The van der Waals surface area contributed by atoms with Gasteiger partial charge in [0, 0.05) is 18.6 Å². The van der Waals surface area contributed by atoms with Gasteiger partial charge in [0.1, 0.15) is 0 Å². The molecule has 0 spiro atoms. The maximum absolute atomic E-state index is 3.62. The van der Waals surface area contributed by atoms with Crippen LogP contribution in [-0.4, -0.2) is 23.5 Å². The summed E-state index contributed by atoms with van der Waals surface area (Å²) >= 11 is 0. The Hall–Kier alpha value is -0.660. The molecule has 2 nitrogen and oxygen atoms in total. The fraction of sp³-hybridized carbons (Fsp3) is 0.846. The maximum Gasteiger partial charge on any atom is 0.0977 e. The van der Waals surface area contributed by atoms with Crippen LogP contribution in [0.25, 0.3) is 0 Å². The number of hydrogen-bond donors (Lipinski definition) is 1. The Labute approximate surface area is 93.7 Å². The van der Waals surface area contributed by atoms with Gasteiger partial charge in [-0.05, 0) is 38.2 Å². The minimum absolute atomic E-state index is 0.267. The molecule has 0 amide bonds.